The molecule has 0 aromatic carbocycles. The summed E-state index contributed by atoms with van der Waals surface area (Å²) in [6.07, 6.45) is 0.874. The molecular formula is C9H15NO. The van der Waals surface area contributed by atoms with Gasteiger partial charge in [0.25, 0.3) is 0 Å². The number of aryl methyl sites for hydroxylation is 1. The van der Waals surface area contributed by atoms with Gasteiger partial charge in [0.15, 0.2) is 0 Å². The number of nitrogens with two attached hydrogens (primary N) is 1. The first-order valence-corrected chi connectivity index (χ1v) is 4.03. The van der Waals surface area contributed by atoms with Crippen LogP contribution < -0.4 is 5.73 Å². The molecule has 0 aliphatic carbocycles. The fourth-order valence-corrected chi connectivity index (χ4v) is 1.03. The third kappa shape index (κ3) is 1.56. The summed E-state index contributed by atoms with van der Waals surface area (Å²) in [4.78, 5) is 0. The normalized spacial score (nSPS) is 10.9. The van der Waals surface area contributed by atoms with Gasteiger partial charge in [0.1, 0.15) is 11.5 Å². The molecule has 2 heteroatoms. The summed E-state index contributed by atoms with van der Waals surface area (Å²) in [5.41, 5.74) is 6.48. The van der Waals surface area contributed by atoms with Gasteiger partial charge in [0.05, 0.1) is 5.69 Å². The standard InChI is InChI=1S/C9H15NO/c1-4-8-7(10)5-9(11-8)6(2)3/h5-6H,4,10H2,1-3H3. The Labute approximate surface area is 67.4 Å². The van der Waals surface area contributed by atoms with Crippen molar-refractivity contribution in [3.05, 3.63) is 17.6 Å². The van der Waals surface area contributed by atoms with Crippen LogP contribution in [-0.2, 0) is 6.42 Å². The van der Waals surface area contributed by atoms with Crippen LogP contribution in [0.4, 0.5) is 5.69 Å². The number of nitrogen functional groups attached to an aromatic ring is 1. The highest BCUT2D eigenvalue weighted by atomic mass is 16.3. The molecule has 1 heterocycles. The molecule has 0 saturated carbocycles. The Bertz CT molecular complexity index is 238. The topological polar surface area (TPSA) is 39.2 Å². The molecule has 0 bridgehead atoms. The summed E-state index contributed by atoms with van der Waals surface area (Å²) < 4.78 is 5.50. The molecule has 0 amide bonds. The van der Waals surface area contributed by atoms with E-state index < -0.39 is 0 Å². The van der Waals surface area contributed by atoms with Crippen molar-refractivity contribution in [2.75, 3.05) is 5.73 Å². The second-order valence-corrected chi connectivity index (χ2v) is 3.04. The van der Waals surface area contributed by atoms with E-state index in [1.54, 1.807) is 0 Å². The van der Waals surface area contributed by atoms with Crippen molar-refractivity contribution in [1.29, 1.82) is 0 Å². The predicted molar refractivity (Wildman–Crippen MR) is 46.6 cm³/mol. The minimum atomic E-state index is 0.428. The Morgan fingerprint density at radius 3 is 2.45 bits per heavy atom. The van der Waals surface area contributed by atoms with Gasteiger partial charge in [-0.2, -0.15) is 0 Å². The summed E-state index contributed by atoms with van der Waals surface area (Å²) in [7, 11) is 0. The van der Waals surface area contributed by atoms with Crippen molar-refractivity contribution in [2.45, 2.75) is 33.1 Å². The molecule has 2 N–H and O–H groups in total. The number of hydrogen-bond donors (Lipinski definition) is 1. The second-order valence-electron chi connectivity index (χ2n) is 3.04. The first kappa shape index (κ1) is 8.18. The van der Waals surface area contributed by atoms with E-state index in [-0.39, 0.29) is 0 Å². The Morgan fingerprint density at radius 1 is 1.55 bits per heavy atom. The number of rotatable bonds is 2. The van der Waals surface area contributed by atoms with Gasteiger partial charge >= 0.3 is 0 Å². The Morgan fingerprint density at radius 2 is 2.18 bits per heavy atom. The highest BCUT2D eigenvalue weighted by molar-refractivity contribution is 5.43. The van der Waals surface area contributed by atoms with Gasteiger partial charge < -0.3 is 10.2 Å². The number of anilines is 1. The van der Waals surface area contributed by atoms with E-state index in [0.29, 0.717) is 5.92 Å². The lowest BCUT2D eigenvalue weighted by atomic mass is 10.1. The maximum atomic E-state index is 5.70. The summed E-state index contributed by atoms with van der Waals surface area (Å²) in [5, 5.41) is 0. The predicted octanol–water partition coefficient (Wildman–Crippen LogP) is 2.55. The minimum absolute atomic E-state index is 0.428. The summed E-state index contributed by atoms with van der Waals surface area (Å²) in [5.74, 6) is 2.32. The summed E-state index contributed by atoms with van der Waals surface area (Å²) in [6.45, 7) is 6.23. The average molecular weight is 153 g/mol. The molecule has 62 valence electrons. The van der Waals surface area contributed by atoms with Crippen LogP contribution in [0.15, 0.2) is 10.5 Å². The monoisotopic (exact) mass is 153 g/mol. The molecule has 0 saturated heterocycles. The van der Waals surface area contributed by atoms with Crippen molar-refractivity contribution in [1.82, 2.24) is 0 Å². The molecule has 1 rings (SSSR count). The van der Waals surface area contributed by atoms with Crippen LogP contribution >= 0.6 is 0 Å². The van der Waals surface area contributed by atoms with E-state index >= 15 is 0 Å². The van der Waals surface area contributed by atoms with Crippen molar-refractivity contribution >= 4 is 5.69 Å². The third-order valence-corrected chi connectivity index (χ3v) is 1.75. The van der Waals surface area contributed by atoms with Gasteiger partial charge in [-0.25, -0.2) is 0 Å². The molecule has 11 heavy (non-hydrogen) atoms. The fourth-order valence-electron chi connectivity index (χ4n) is 1.03. The molecule has 2 nitrogen and oxygen atoms in total. The number of furan rings is 1. The first-order chi connectivity index (χ1) is 5.15. The molecule has 0 unspecified atom stereocenters. The molecule has 0 fully saturated rings. The maximum absolute atomic E-state index is 5.70. The highest BCUT2D eigenvalue weighted by Crippen LogP contribution is 2.23. The molecule has 0 atom stereocenters. The van der Waals surface area contributed by atoms with Gasteiger partial charge in [-0.05, 0) is 0 Å². The van der Waals surface area contributed by atoms with E-state index in [0.717, 1.165) is 23.6 Å². The zero-order chi connectivity index (χ0) is 8.43. The van der Waals surface area contributed by atoms with E-state index in [9.17, 15) is 0 Å². The number of hydrogen-bond acceptors (Lipinski definition) is 2. The van der Waals surface area contributed by atoms with Crippen LogP contribution in [0.1, 0.15) is 38.2 Å². The first-order valence-electron chi connectivity index (χ1n) is 4.03. The van der Waals surface area contributed by atoms with Crippen LogP contribution in [0, 0.1) is 0 Å². The molecule has 0 spiro atoms. The third-order valence-electron chi connectivity index (χ3n) is 1.75. The quantitative estimate of drug-likeness (QED) is 0.709. The van der Waals surface area contributed by atoms with Crippen LogP contribution in [0.25, 0.3) is 0 Å². The SMILES string of the molecule is CCc1oc(C(C)C)cc1N. The van der Waals surface area contributed by atoms with Crippen molar-refractivity contribution in [3.8, 4) is 0 Å². The highest BCUT2D eigenvalue weighted by Gasteiger charge is 2.08. The van der Waals surface area contributed by atoms with Crippen molar-refractivity contribution in [3.63, 3.8) is 0 Å². The van der Waals surface area contributed by atoms with Gasteiger partial charge in [0, 0.05) is 18.4 Å². The van der Waals surface area contributed by atoms with Crippen molar-refractivity contribution in [2.24, 2.45) is 0 Å². The van der Waals surface area contributed by atoms with Gasteiger partial charge in [0.2, 0.25) is 0 Å². The molecule has 1 aromatic rings. The lowest BCUT2D eigenvalue weighted by Gasteiger charge is -1.96. The smallest absolute Gasteiger partial charge is 0.126 e. The van der Waals surface area contributed by atoms with E-state index in [4.69, 9.17) is 10.2 Å². The van der Waals surface area contributed by atoms with Crippen LogP contribution in [0.5, 0.6) is 0 Å². The molecule has 0 aliphatic rings. The van der Waals surface area contributed by atoms with Crippen LogP contribution in [0.3, 0.4) is 0 Å². The lowest BCUT2D eigenvalue weighted by molar-refractivity contribution is 0.452. The van der Waals surface area contributed by atoms with Crippen LogP contribution in [-0.4, -0.2) is 0 Å². The van der Waals surface area contributed by atoms with Gasteiger partial charge in [-0.15, -0.1) is 0 Å². The minimum Gasteiger partial charge on any atom is -0.464 e. The average Bonchev–Trinajstić information content (AvgIpc) is 2.31. The van der Waals surface area contributed by atoms with E-state index in [1.165, 1.54) is 0 Å². The largest absolute Gasteiger partial charge is 0.464 e. The van der Waals surface area contributed by atoms with E-state index in [1.807, 2.05) is 13.0 Å². The maximum Gasteiger partial charge on any atom is 0.126 e. The van der Waals surface area contributed by atoms with Crippen molar-refractivity contribution < 1.29 is 4.42 Å². The van der Waals surface area contributed by atoms with Crippen LogP contribution in [0.2, 0.25) is 0 Å². The molecule has 0 radical (unpaired) electrons. The molecular weight excluding hydrogens is 138 g/mol. The van der Waals surface area contributed by atoms with Gasteiger partial charge in [-0.1, -0.05) is 20.8 Å². The molecule has 1 aromatic heterocycles. The van der Waals surface area contributed by atoms with Gasteiger partial charge in [-0.3, -0.25) is 0 Å². The Kier molecular flexibility index (Phi) is 2.22. The fraction of sp³-hybridized carbons (Fsp3) is 0.556. The molecule has 0 aliphatic heterocycles. The zero-order valence-electron chi connectivity index (χ0n) is 7.35. The summed E-state index contributed by atoms with van der Waals surface area (Å²) in [6, 6.07) is 1.92. The summed E-state index contributed by atoms with van der Waals surface area (Å²) >= 11 is 0. The lowest BCUT2D eigenvalue weighted by Crippen LogP contribution is -1.85. The Balaban J connectivity index is 2.95. The zero-order valence-corrected chi connectivity index (χ0v) is 7.35. The Hall–Kier alpha value is -0.920. The van der Waals surface area contributed by atoms with E-state index in [2.05, 4.69) is 13.8 Å². The second kappa shape index (κ2) is 2.99.